The van der Waals surface area contributed by atoms with Gasteiger partial charge in [-0.1, -0.05) is 6.07 Å². The Hall–Kier alpha value is -1.91. The van der Waals surface area contributed by atoms with E-state index in [0.717, 1.165) is 12.2 Å². The second-order valence-electron chi connectivity index (χ2n) is 7.78. The number of ether oxygens (including phenoxy) is 1. The lowest BCUT2D eigenvalue weighted by Gasteiger charge is -2.42. The standard InChI is InChI=1S/C20H26N4O4S2/c25-17-4-3-15(22-23-17)19(27)24-8-6-20(7-9-24)16(5-10-28-20)21-18(26)13-29-12-14-2-1-11-30-14/h1-2,11,16H,3-10,12-13H2,(H,21,26)(H,23,25). The summed E-state index contributed by atoms with van der Waals surface area (Å²) in [6.07, 6.45) is 2.85. The van der Waals surface area contributed by atoms with Crippen molar-refractivity contribution in [3.8, 4) is 0 Å². The number of hydrogen-bond acceptors (Lipinski definition) is 7. The largest absolute Gasteiger partial charge is 0.373 e. The first kappa shape index (κ1) is 21.3. The van der Waals surface area contributed by atoms with Gasteiger partial charge in [-0.2, -0.15) is 5.10 Å². The molecule has 3 aliphatic rings. The number of thiophene rings is 1. The minimum absolute atomic E-state index is 0.0177. The molecule has 0 saturated carbocycles. The topological polar surface area (TPSA) is 100 Å². The third-order valence-corrected chi connectivity index (χ3v) is 7.91. The highest BCUT2D eigenvalue weighted by atomic mass is 32.2. The number of hydrazone groups is 1. The molecule has 1 aromatic rings. The van der Waals surface area contributed by atoms with Gasteiger partial charge < -0.3 is 15.0 Å². The van der Waals surface area contributed by atoms with E-state index < -0.39 is 5.60 Å². The van der Waals surface area contributed by atoms with Crippen molar-refractivity contribution in [2.75, 3.05) is 25.4 Å². The normalized spacial score (nSPS) is 23.2. The van der Waals surface area contributed by atoms with E-state index in [4.69, 9.17) is 4.74 Å². The van der Waals surface area contributed by atoms with Crippen LogP contribution in [0.15, 0.2) is 22.6 Å². The van der Waals surface area contributed by atoms with Gasteiger partial charge in [-0.3, -0.25) is 14.4 Å². The Kier molecular flexibility index (Phi) is 6.74. The predicted molar refractivity (Wildman–Crippen MR) is 116 cm³/mol. The molecule has 2 fully saturated rings. The van der Waals surface area contributed by atoms with E-state index in [0.29, 0.717) is 56.8 Å². The maximum Gasteiger partial charge on any atom is 0.270 e. The van der Waals surface area contributed by atoms with Crippen LogP contribution in [0.3, 0.4) is 0 Å². The average Bonchev–Trinajstić information content (AvgIpc) is 3.40. The van der Waals surface area contributed by atoms with Gasteiger partial charge in [0.25, 0.3) is 5.91 Å². The zero-order valence-corrected chi connectivity index (χ0v) is 18.4. The summed E-state index contributed by atoms with van der Waals surface area (Å²) in [5.41, 5.74) is 2.40. The van der Waals surface area contributed by atoms with Crippen LogP contribution in [0.5, 0.6) is 0 Å². The van der Waals surface area contributed by atoms with Crippen LogP contribution in [-0.4, -0.2) is 65.4 Å². The van der Waals surface area contributed by atoms with Crippen molar-refractivity contribution >= 4 is 46.5 Å². The Labute approximate surface area is 183 Å². The monoisotopic (exact) mass is 450 g/mol. The molecule has 0 bridgehead atoms. The van der Waals surface area contributed by atoms with Crippen LogP contribution in [0.1, 0.15) is 37.0 Å². The van der Waals surface area contributed by atoms with Gasteiger partial charge in [-0.15, -0.1) is 23.1 Å². The highest BCUT2D eigenvalue weighted by Crippen LogP contribution is 2.36. The number of hydrogen-bond donors (Lipinski definition) is 2. The summed E-state index contributed by atoms with van der Waals surface area (Å²) in [7, 11) is 0. The fourth-order valence-electron chi connectivity index (χ4n) is 4.21. The molecule has 10 heteroatoms. The lowest BCUT2D eigenvalue weighted by atomic mass is 9.84. The highest BCUT2D eigenvalue weighted by Gasteiger charge is 2.47. The molecule has 8 nitrogen and oxygen atoms in total. The number of carbonyl (C=O) groups is 3. The molecule has 30 heavy (non-hydrogen) atoms. The van der Waals surface area contributed by atoms with Crippen molar-refractivity contribution in [1.82, 2.24) is 15.6 Å². The molecular weight excluding hydrogens is 424 g/mol. The lowest BCUT2D eigenvalue weighted by molar-refractivity contribution is -0.131. The SMILES string of the molecule is O=C1CCC(C(=O)N2CCC3(CC2)OCCC3NC(=O)CSCc2cccs2)=NN1. The van der Waals surface area contributed by atoms with Crippen LogP contribution in [0.2, 0.25) is 0 Å². The van der Waals surface area contributed by atoms with Crippen LogP contribution >= 0.6 is 23.1 Å². The summed E-state index contributed by atoms with van der Waals surface area (Å²) in [5.74, 6) is 1.04. The highest BCUT2D eigenvalue weighted by molar-refractivity contribution is 7.99. The molecule has 1 unspecified atom stereocenters. The molecule has 0 aromatic carbocycles. The van der Waals surface area contributed by atoms with E-state index in [2.05, 4.69) is 21.9 Å². The summed E-state index contributed by atoms with van der Waals surface area (Å²) in [5, 5.41) is 9.13. The molecule has 1 atom stereocenters. The molecule has 4 heterocycles. The predicted octanol–water partition coefficient (Wildman–Crippen LogP) is 1.51. The Morgan fingerprint density at radius 3 is 2.90 bits per heavy atom. The zero-order valence-electron chi connectivity index (χ0n) is 16.7. The molecule has 2 saturated heterocycles. The molecule has 162 valence electrons. The number of rotatable bonds is 6. The van der Waals surface area contributed by atoms with Gasteiger partial charge in [0.05, 0.1) is 17.4 Å². The zero-order chi connectivity index (χ0) is 21.0. The Morgan fingerprint density at radius 2 is 2.20 bits per heavy atom. The van der Waals surface area contributed by atoms with E-state index >= 15 is 0 Å². The molecule has 4 rings (SSSR count). The van der Waals surface area contributed by atoms with Gasteiger partial charge in [-0.25, -0.2) is 5.43 Å². The Balaban J connectivity index is 1.26. The third-order valence-electron chi connectivity index (χ3n) is 5.87. The summed E-state index contributed by atoms with van der Waals surface area (Å²) in [6.45, 7) is 1.75. The number of likely N-dealkylation sites (tertiary alicyclic amines) is 1. The smallest absolute Gasteiger partial charge is 0.270 e. The average molecular weight is 451 g/mol. The van der Waals surface area contributed by atoms with E-state index in [1.165, 1.54) is 4.88 Å². The summed E-state index contributed by atoms with van der Waals surface area (Å²) in [6, 6.07) is 4.09. The number of piperidine rings is 1. The number of carbonyl (C=O) groups excluding carboxylic acids is 3. The number of thioether (sulfide) groups is 1. The van der Waals surface area contributed by atoms with Crippen molar-refractivity contribution in [1.29, 1.82) is 0 Å². The third kappa shape index (κ3) is 4.87. The van der Waals surface area contributed by atoms with Crippen molar-refractivity contribution in [2.45, 2.75) is 49.5 Å². The van der Waals surface area contributed by atoms with Crippen LogP contribution in [0.4, 0.5) is 0 Å². The van der Waals surface area contributed by atoms with Gasteiger partial charge in [0.2, 0.25) is 11.8 Å². The molecule has 3 aliphatic heterocycles. The van der Waals surface area contributed by atoms with Crippen LogP contribution in [0.25, 0.3) is 0 Å². The molecular formula is C20H26N4O4S2. The van der Waals surface area contributed by atoms with E-state index in [1.807, 2.05) is 11.4 Å². The molecule has 3 amide bonds. The van der Waals surface area contributed by atoms with Crippen molar-refractivity contribution in [2.24, 2.45) is 5.10 Å². The molecule has 1 spiro atoms. The van der Waals surface area contributed by atoms with E-state index in [-0.39, 0.29) is 23.8 Å². The van der Waals surface area contributed by atoms with E-state index in [9.17, 15) is 14.4 Å². The lowest BCUT2D eigenvalue weighted by Crippen LogP contribution is -2.57. The number of nitrogens with one attached hydrogen (secondary N) is 2. The van der Waals surface area contributed by atoms with Crippen LogP contribution in [0, 0.1) is 0 Å². The van der Waals surface area contributed by atoms with Gasteiger partial charge in [-0.05, 0) is 30.7 Å². The molecule has 0 aliphatic carbocycles. The quantitative estimate of drug-likeness (QED) is 0.684. The fraction of sp³-hybridized carbons (Fsp3) is 0.600. The van der Waals surface area contributed by atoms with Gasteiger partial charge in [0.15, 0.2) is 0 Å². The summed E-state index contributed by atoms with van der Waals surface area (Å²) in [4.78, 5) is 39.4. The Morgan fingerprint density at radius 1 is 1.37 bits per heavy atom. The molecule has 2 N–H and O–H groups in total. The van der Waals surface area contributed by atoms with Gasteiger partial charge in [0.1, 0.15) is 5.71 Å². The minimum Gasteiger partial charge on any atom is -0.373 e. The number of amides is 3. The van der Waals surface area contributed by atoms with Crippen molar-refractivity contribution in [3.05, 3.63) is 22.4 Å². The van der Waals surface area contributed by atoms with E-state index in [1.54, 1.807) is 28.0 Å². The van der Waals surface area contributed by atoms with Crippen LogP contribution in [-0.2, 0) is 24.9 Å². The maximum absolute atomic E-state index is 12.7. The van der Waals surface area contributed by atoms with Crippen LogP contribution < -0.4 is 10.7 Å². The number of nitrogens with zero attached hydrogens (tertiary/aromatic N) is 2. The summed E-state index contributed by atoms with van der Waals surface area (Å²) < 4.78 is 6.10. The Bertz CT molecular complexity index is 819. The minimum atomic E-state index is -0.395. The molecule has 1 aromatic heterocycles. The first-order chi connectivity index (χ1) is 14.6. The second kappa shape index (κ2) is 9.49. The second-order valence-corrected chi connectivity index (χ2v) is 9.80. The maximum atomic E-state index is 12.7. The molecule has 0 radical (unpaired) electrons. The van der Waals surface area contributed by atoms with Crippen molar-refractivity contribution < 1.29 is 19.1 Å². The summed E-state index contributed by atoms with van der Waals surface area (Å²) >= 11 is 3.32. The first-order valence-corrected chi connectivity index (χ1v) is 12.3. The fourth-order valence-corrected chi connectivity index (χ4v) is 5.89. The van der Waals surface area contributed by atoms with Crippen molar-refractivity contribution in [3.63, 3.8) is 0 Å². The van der Waals surface area contributed by atoms with Gasteiger partial charge in [0, 0.05) is 43.2 Å². The first-order valence-electron chi connectivity index (χ1n) is 10.2. The van der Waals surface area contributed by atoms with Gasteiger partial charge >= 0.3 is 0 Å².